The van der Waals surface area contributed by atoms with Gasteiger partial charge in [0, 0.05) is 5.92 Å². The van der Waals surface area contributed by atoms with Crippen LogP contribution in [0, 0.1) is 5.92 Å². The summed E-state index contributed by atoms with van der Waals surface area (Å²) < 4.78 is 0. The first-order valence-corrected chi connectivity index (χ1v) is 3.38. The zero-order valence-electron chi connectivity index (χ0n) is 5.58. The summed E-state index contributed by atoms with van der Waals surface area (Å²) in [6.07, 6.45) is -0.490. The molecule has 2 N–H and O–H groups in total. The van der Waals surface area contributed by atoms with Gasteiger partial charge in [-0.05, 0) is 6.42 Å². The summed E-state index contributed by atoms with van der Waals surface area (Å²) in [5.41, 5.74) is 0. The second-order valence-corrected chi connectivity index (χ2v) is 2.63. The Hall–Kier alpha value is -0.610. The molecule has 4 heteroatoms. The molecule has 2 unspecified atom stereocenters. The lowest BCUT2D eigenvalue weighted by molar-refractivity contribution is -0.697. The molecule has 4 nitrogen and oxygen atoms in total. The average molecular weight is 144 g/mol. The molecule has 10 heavy (non-hydrogen) atoms. The standard InChI is InChI=1S/C6H10NO3/c8-5-1-4(6(9)10)2-7-3-5/h4-5,7H,1-3H2,(H,9,10)/q-1. The van der Waals surface area contributed by atoms with Crippen molar-refractivity contribution in [3.63, 3.8) is 0 Å². The Morgan fingerprint density at radius 3 is 2.60 bits per heavy atom. The van der Waals surface area contributed by atoms with E-state index in [1.807, 2.05) is 0 Å². The fraction of sp³-hybridized carbons (Fsp3) is 0.833. The summed E-state index contributed by atoms with van der Waals surface area (Å²) in [5.74, 6) is -1.62. The maximum absolute atomic E-state index is 10.7. The number of aliphatic carboxylic acids is 1. The van der Waals surface area contributed by atoms with E-state index in [4.69, 9.17) is 0 Å². The molecule has 0 radical (unpaired) electrons. The summed E-state index contributed by atoms with van der Waals surface area (Å²) in [6, 6.07) is 0. The van der Waals surface area contributed by atoms with Crippen molar-refractivity contribution in [1.82, 2.24) is 0 Å². The van der Waals surface area contributed by atoms with Crippen LogP contribution in [-0.2, 0) is 4.79 Å². The summed E-state index contributed by atoms with van der Waals surface area (Å²) in [6.45, 7) is 1.00. The fourth-order valence-electron chi connectivity index (χ4n) is 1.19. The molecule has 0 spiro atoms. The van der Waals surface area contributed by atoms with Crippen LogP contribution in [0.4, 0.5) is 0 Å². The summed E-state index contributed by atoms with van der Waals surface area (Å²) in [5, 5.41) is 22.7. The highest BCUT2D eigenvalue weighted by molar-refractivity contribution is 5.67. The Balaban J connectivity index is 2.39. The topological polar surface area (TPSA) is 79.8 Å². The summed E-state index contributed by atoms with van der Waals surface area (Å²) >= 11 is 0. The zero-order chi connectivity index (χ0) is 7.56. The van der Waals surface area contributed by atoms with E-state index in [0.717, 1.165) is 0 Å². The van der Waals surface area contributed by atoms with Crippen molar-refractivity contribution in [2.75, 3.05) is 13.1 Å². The lowest BCUT2D eigenvalue weighted by atomic mass is 9.98. The van der Waals surface area contributed by atoms with Crippen molar-refractivity contribution in [1.29, 1.82) is 0 Å². The smallest absolute Gasteiger partial charge is 0.0836 e. The van der Waals surface area contributed by atoms with Gasteiger partial charge < -0.3 is 20.3 Å². The molecule has 0 bridgehead atoms. The number of carboxylic acids is 1. The molecule has 1 heterocycles. The van der Waals surface area contributed by atoms with Gasteiger partial charge in [-0.3, -0.25) is 0 Å². The molecule has 2 atom stereocenters. The van der Waals surface area contributed by atoms with Gasteiger partial charge in [0.05, 0.1) is 19.1 Å². The van der Waals surface area contributed by atoms with Crippen LogP contribution in [0.25, 0.3) is 0 Å². The van der Waals surface area contributed by atoms with Crippen LogP contribution in [0.1, 0.15) is 6.42 Å². The Kier molecular flexibility index (Phi) is 2.24. The Labute approximate surface area is 58.9 Å². The molecule has 58 valence electrons. The molecule has 1 aliphatic heterocycles. The lowest BCUT2D eigenvalue weighted by Crippen LogP contribution is -2.91. The van der Waals surface area contributed by atoms with Gasteiger partial charge in [0.2, 0.25) is 0 Å². The molecule has 0 saturated carbocycles. The first-order valence-electron chi connectivity index (χ1n) is 3.38. The van der Waals surface area contributed by atoms with Gasteiger partial charge in [0.15, 0.2) is 0 Å². The van der Waals surface area contributed by atoms with Crippen LogP contribution in [0.5, 0.6) is 0 Å². The van der Waals surface area contributed by atoms with Gasteiger partial charge >= 0.3 is 0 Å². The van der Waals surface area contributed by atoms with E-state index >= 15 is 0 Å². The van der Waals surface area contributed by atoms with E-state index in [2.05, 4.69) is 0 Å². The minimum Gasteiger partial charge on any atom is -0.848 e. The minimum absolute atomic E-state index is 0.235. The number of carboxylic acid groups (broad SMARTS) is 1. The molecule has 0 aromatic rings. The predicted octanol–water partition coefficient (Wildman–Crippen LogP) is -3.95. The Morgan fingerprint density at radius 2 is 2.20 bits per heavy atom. The third-order valence-corrected chi connectivity index (χ3v) is 1.76. The SMILES string of the molecule is O=C([O-])C1C[NH2+]CC([O-])C1. The van der Waals surface area contributed by atoms with E-state index in [1.165, 1.54) is 0 Å². The van der Waals surface area contributed by atoms with E-state index in [9.17, 15) is 15.0 Å². The summed E-state index contributed by atoms with van der Waals surface area (Å²) in [7, 11) is 0. The molecule has 0 aromatic carbocycles. The van der Waals surface area contributed by atoms with Crippen molar-refractivity contribution < 1.29 is 20.3 Å². The van der Waals surface area contributed by atoms with Crippen LogP contribution in [0.15, 0.2) is 0 Å². The number of hydrogen-bond donors (Lipinski definition) is 1. The van der Waals surface area contributed by atoms with Crippen LogP contribution in [0.3, 0.4) is 0 Å². The third kappa shape index (κ3) is 1.68. The number of carbonyl (C=O) groups excluding carboxylic acids is 1. The predicted molar refractivity (Wildman–Crippen MR) is 28.6 cm³/mol. The molecule has 0 aliphatic carbocycles. The molecule has 1 rings (SSSR count). The molecule has 1 saturated heterocycles. The highest BCUT2D eigenvalue weighted by Crippen LogP contribution is 2.03. The molecule has 0 amide bonds. The quantitative estimate of drug-likeness (QED) is 0.408. The lowest BCUT2D eigenvalue weighted by Gasteiger charge is -2.31. The van der Waals surface area contributed by atoms with Crippen molar-refractivity contribution in [2.24, 2.45) is 5.92 Å². The van der Waals surface area contributed by atoms with E-state index in [0.29, 0.717) is 13.1 Å². The minimum atomic E-state index is -1.09. The first kappa shape index (κ1) is 7.50. The highest BCUT2D eigenvalue weighted by Gasteiger charge is 2.18. The maximum atomic E-state index is 10.7. The summed E-state index contributed by atoms with van der Waals surface area (Å²) in [4.78, 5) is 10.2. The number of carbonyl (C=O) groups is 1. The van der Waals surface area contributed by atoms with Gasteiger partial charge in [0.25, 0.3) is 0 Å². The van der Waals surface area contributed by atoms with Crippen molar-refractivity contribution in [2.45, 2.75) is 12.5 Å². The van der Waals surface area contributed by atoms with Gasteiger partial charge in [-0.25, -0.2) is 0 Å². The van der Waals surface area contributed by atoms with Crippen molar-refractivity contribution >= 4 is 5.97 Å². The Bertz CT molecular complexity index is 137. The molecule has 0 aromatic heterocycles. The first-order chi connectivity index (χ1) is 4.70. The number of quaternary nitrogens is 1. The second kappa shape index (κ2) is 2.98. The van der Waals surface area contributed by atoms with Gasteiger partial charge in [-0.15, -0.1) is 0 Å². The monoisotopic (exact) mass is 144 g/mol. The van der Waals surface area contributed by atoms with E-state index < -0.39 is 18.0 Å². The molecule has 1 fully saturated rings. The maximum Gasteiger partial charge on any atom is 0.0836 e. The molecular weight excluding hydrogens is 134 g/mol. The largest absolute Gasteiger partial charge is 0.848 e. The third-order valence-electron chi connectivity index (χ3n) is 1.76. The van der Waals surface area contributed by atoms with Crippen LogP contribution >= 0.6 is 0 Å². The molecular formula is C6H10NO3-. The van der Waals surface area contributed by atoms with Crippen LogP contribution in [0.2, 0.25) is 0 Å². The second-order valence-electron chi connectivity index (χ2n) is 2.63. The van der Waals surface area contributed by atoms with Crippen LogP contribution in [-0.4, -0.2) is 25.2 Å². The van der Waals surface area contributed by atoms with Crippen LogP contribution < -0.4 is 15.5 Å². The molecule has 1 aliphatic rings. The van der Waals surface area contributed by atoms with Crippen molar-refractivity contribution in [3.8, 4) is 0 Å². The normalized spacial score (nSPS) is 33.7. The number of hydrogen-bond acceptors (Lipinski definition) is 3. The number of nitrogens with two attached hydrogens (primary N) is 1. The number of rotatable bonds is 1. The van der Waals surface area contributed by atoms with E-state index in [1.54, 1.807) is 5.32 Å². The highest BCUT2D eigenvalue weighted by atomic mass is 16.4. The fourth-order valence-corrected chi connectivity index (χ4v) is 1.19. The van der Waals surface area contributed by atoms with Gasteiger partial charge in [0.1, 0.15) is 0 Å². The van der Waals surface area contributed by atoms with E-state index in [-0.39, 0.29) is 6.42 Å². The van der Waals surface area contributed by atoms with Gasteiger partial charge in [-0.2, -0.15) is 0 Å². The average Bonchev–Trinajstić information content (AvgIpc) is 1.88. The zero-order valence-corrected chi connectivity index (χ0v) is 5.58. The van der Waals surface area contributed by atoms with Crippen molar-refractivity contribution in [3.05, 3.63) is 0 Å². The van der Waals surface area contributed by atoms with Gasteiger partial charge in [-0.1, -0.05) is 6.10 Å². The Morgan fingerprint density at radius 1 is 1.50 bits per heavy atom. The number of piperidine rings is 1.